The summed E-state index contributed by atoms with van der Waals surface area (Å²) in [6.07, 6.45) is 3.32. The van der Waals surface area contributed by atoms with Gasteiger partial charge in [-0.2, -0.15) is 10.1 Å². The molecule has 0 saturated heterocycles. The Labute approximate surface area is 242 Å². The highest BCUT2D eigenvalue weighted by Crippen LogP contribution is 2.40. The fourth-order valence-electron chi connectivity index (χ4n) is 4.77. The van der Waals surface area contributed by atoms with Gasteiger partial charge in [-0.25, -0.2) is 9.97 Å². The standard InChI is InChI=1S/C32H29N7O3/c1-21-9-11-25(12-10-21)39(26-13-14-27-23(15-26)18-35-38(27)19-22-7-5-4-6-8-22)32-34-20-33-31(37-32)36-24-16-28(40)30(42-3)29(17-24)41-2/h4-18,20,40H,19H2,1-3H3,(H,33,34,36,37). The third-order valence-electron chi connectivity index (χ3n) is 6.83. The zero-order valence-electron chi connectivity index (χ0n) is 23.4. The number of aromatic nitrogens is 5. The monoisotopic (exact) mass is 559 g/mol. The Kier molecular flexibility index (Phi) is 7.25. The second-order valence-electron chi connectivity index (χ2n) is 9.67. The molecule has 42 heavy (non-hydrogen) atoms. The second kappa shape index (κ2) is 11.5. The number of rotatable bonds is 9. The summed E-state index contributed by atoms with van der Waals surface area (Å²) in [7, 11) is 2.97. The fourth-order valence-corrected chi connectivity index (χ4v) is 4.77. The molecule has 0 saturated carbocycles. The Morgan fingerprint density at radius 2 is 1.67 bits per heavy atom. The predicted octanol–water partition coefficient (Wildman–Crippen LogP) is 6.51. The molecule has 0 atom stereocenters. The van der Waals surface area contributed by atoms with Crippen molar-refractivity contribution in [3.05, 3.63) is 109 Å². The van der Waals surface area contributed by atoms with E-state index in [2.05, 4.69) is 44.6 Å². The van der Waals surface area contributed by atoms with E-state index in [0.717, 1.165) is 27.8 Å². The van der Waals surface area contributed by atoms with Crippen LogP contribution < -0.4 is 19.7 Å². The van der Waals surface area contributed by atoms with Gasteiger partial charge in [0.05, 0.1) is 32.5 Å². The largest absolute Gasteiger partial charge is 0.504 e. The Morgan fingerprint density at radius 3 is 2.43 bits per heavy atom. The lowest BCUT2D eigenvalue weighted by atomic mass is 10.1. The summed E-state index contributed by atoms with van der Waals surface area (Å²) in [4.78, 5) is 15.5. The fraction of sp³-hybridized carbons (Fsp3) is 0.125. The predicted molar refractivity (Wildman–Crippen MR) is 163 cm³/mol. The van der Waals surface area contributed by atoms with Crippen molar-refractivity contribution in [2.75, 3.05) is 24.4 Å². The molecule has 0 aliphatic rings. The molecule has 10 heteroatoms. The number of aryl methyl sites for hydroxylation is 1. The first-order valence-electron chi connectivity index (χ1n) is 13.3. The van der Waals surface area contributed by atoms with E-state index in [-0.39, 0.29) is 11.5 Å². The summed E-state index contributed by atoms with van der Waals surface area (Å²) < 4.78 is 12.6. The van der Waals surface area contributed by atoms with E-state index in [0.29, 0.717) is 29.9 Å². The third kappa shape index (κ3) is 5.37. The molecular weight excluding hydrogens is 530 g/mol. The van der Waals surface area contributed by atoms with Gasteiger partial charge in [0.2, 0.25) is 17.6 Å². The molecule has 2 heterocycles. The zero-order valence-corrected chi connectivity index (χ0v) is 23.4. The van der Waals surface area contributed by atoms with Crippen molar-refractivity contribution in [1.82, 2.24) is 24.7 Å². The molecule has 2 N–H and O–H groups in total. The van der Waals surface area contributed by atoms with E-state index < -0.39 is 0 Å². The Bertz CT molecular complexity index is 1840. The van der Waals surface area contributed by atoms with Crippen LogP contribution in [0.2, 0.25) is 0 Å². The molecule has 210 valence electrons. The van der Waals surface area contributed by atoms with Crippen molar-refractivity contribution in [3.8, 4) is 17.2 Å². The van der Waals surface area contributed by atoms with Gasteiger partial charge in [-0.3, -0.25) is 9.58 Å². The van der Waals surface area contributed by atoms with Gasteiger partial charge in [0.1, 0.15) is 6.33 Å². The van der Waals surface area contributed by atoms with Gasteiger partial charge in [-0.15, -0.1) is 0 Å². The number of anilines is 5. The Morgan fingerprint density at radius 1 is 0.881 bits per heavy atom. The molecule has 0 radical (unpaired) electrons. The highest BCUT2D eigenvalue weighted by molar-refractivity contribution is 5.86. The number of hydrogen-bond donors (Lipinski definition) is 2. The minimum atomic E-state index is -0.0731. The van der Waals surface area contributed by atoms with Crippen LogP contribution in [0.1, 0.15) is 11.1 Å². The molecular formula is C32H29N7O3. The quantitative estimate of drug-likeness (QED) is 0.205. The first kappa shape index (κ1) is 26.6. The van der Waals surface area contributed by atoms with Crippen LogP contribution in [0.5, 0.6) is 17.2 Å². The Balaban J connectivity index is 1.37. The van der Waals surface area contributed by atoms with Gasteiger partial charge in [-0.05, 0) is 42.8 Å². The summed E-state index contributed by atoms with van der Waals surface area (Å²) in [5, 5.41) is 19.2. The van der Waals surface area contributed by atoms with Crippen molar-refractivity contribution in [2.45, 2.75) is 13.5 Å². The van der Waals surface area contributed by atoms with E-state index in [1.165, 1.54) is 32.2 Å². The summed E-state index contributed by atoms with van der Waals surface area (Å²) in [5.74, 6) is 1.25. The van der Waals surface area contributed by atoms with Crippen LogP contribution in [0.4, 0.5) is 29.0 Å². The third-order valence-corrected chi connectivity index (χ3v) is 6.83. The van der Waals surface area contributed by atoms with Crippen molar-refractivity contribution in [1.29, 1.82) is 0 Å². The molecule has 0 unspecified atom stereocenters. The zero-order chi connectivity index (χ0) is 29.1. The van der Waals surface area contributed by atoms with Crippen LogP contribution in [0, 0.1) is 6.92 Å². The lowest BCUT2D eigenvalue weighted by Gasteiger charge is -2.23. The van der Waals surface area contributed by atoms with E-state index in [9.17, 15) is 5.11 Å². The van der Waals surface area contributed by atoms with Gasteiger partial charge in [0, 0.05) is 34.6 Å². The number of nitrogens with zero attached hydrogens (tertiary/aromatic N) is 6. The number of nitrogens with one attached hydrogen (secondary N) is 1. The maximum absolute atomic E-state index is 10.4. The summed E-state index contributed by atoms with van der Waals surface area (Å²) in [6, 6.07) is 27.8. The number of methoxy groups -OCH3 is 2. The first-order valence-corrected chi connectivity index (χ1v) is 13.3. The van der Waals surface area contributed by atoms with Crippen LogP contribution >= 0.6 is 0 Å². The minimum Gasteiger partial charge on any atom is -0.504 e. The smallest absolute Gasteiger partial charge is 0.239 e. The molecule has 2 aromatic heterocycles. The maximum Gasteiger partial charge on any atom is 0.239 e. The summed E-state index contributed by atoms with van der Waals surface area (Å²) in [6.45, 7) is 2.73. The molecule has 0 aliphatic heterocycles. The molecule has 4 aromatic carbocycles. The molecule has 0 aliphatic carbocycles. The van der Waals surface area contributed by atoms with Crippen LogP contribution in [0.25, 0.3) is 10.9 Å². The topological polar surface area (TPSA) is 110 Å². The average molecular weight is 560 g/mol. The number of phenols is 1. The van der Waals surface area contributed by atoms with Gasteiger partial charge in [0.15, 0.2) is 11.5 Å². The minimum absolute atomic E-state index is 0.0731. The highest BCUT2D eigenvalue weighted by Gasteiger charge is 2.19. The first-order chi connectivity index (χ1) is 20.5. The van der Waals surface area contributed by atoms with Crippen molar-refractivity contribution in [3.63, 3.8) is 0 Å². The molecule has 6 rings (SSSR count). The van der Waals surface area contributed by atoms with E-state index in [1.54, 1.807) is 6.07 Å². The summed E-state index contributed by atoms with van der Waals surface area (Å²) in [5.41, 5.74) is 5.63. The number of fused-ring (bicyclic) bond motifs is 1. The van der Waals surface area contributed by atoms with E-state index in [1.807, 2.05) is 71.2 Å². The summed E-state index contributed by atoms with van der Waals surface area (Å²) >= 11 is 0. The number of ether oxygens (including phenoxy) is 2. The molecule has 0 bridgehead atoms. The average Bonchev–Trinajstić information content (AvgIpc) is 3.40. The van der Waals surface area contributed by atoms with Crippen LogP contribution in [-0.2, 0) is 6.54 Å². The van der Waals surface area contributed by atoms with Gasteiger partial charge >= 0.3 is 0 Å². The second-order valence-corrected chi connectivity index (χ2v) is 9.67. The van der Waals surface area contributed by atoms with E-state index >= 15 is 0 Å². The molecule has 10 nitrogen and oxygen atoms in total. The molecule has 0 amide bonds. The maximum atomic E-state index is 10.4. The number of hydrogen-bond acceptors (Lipinski definition) is 9. The van der Waals surface area contributed by atoms with Gasteiger partial charge in [-0.1, -0.05) is 48.0 Å². The molecule has 0 fully saturated rings. The van der Waals surface area contributed by atoms with Crippen LogP contribution in [0.15, 0.2) is 97.5 Å². The normalized spacial score (nSPS) is 10.9. The van der Waals surface area contributed by atoms with E-state index in [4.69, 9.17) is 14.5 Å². The SMILES string of the molecule is COc1cc(Nc2ncnc(N(c3ccc(C)cc3)c3ccc4c(cnn4Cc4ccccc4)c3)n2)cc(O)c1OC. The molecule has 0 spiro atoms. The van der Waals surface area contributed by atoms with Crippen molar-refractivity contribution < 1.29 is 14.6 Å². The van der Waals surface area contributed by atoms with Crippen LogP contribution in [0.3, 0.4) is 0 Å². The van der Waals surface area contributed by atoms with Crippen LogP contribution in [-0.4, -0.2) is 44.1 Å². The van der Waals surface area contributed by atoms with Gasteiger partial charge < -0.3 is 19.9 Å². The van der Waals surface area contributed by atoms with Gasteiger partial charge in [0.25, 0.3) is 0 Å². The molecule has 6 aromatic rings. The number of aromatic hydroxyl groups is 1. The number of benzene rings is 4. The Hall–Kier alpha value is -5.64. The van der Waals surface area contributed by atoms with Crippen molar-refractivity contribution >= 4 is 39.9 Å². The van der Waals surface area contributed by atoms with Crippen molar-refractivity contribution in [2.24, 2.45) is 0 Å². The highest BCUT2D eigenvalue weighted by atomic mass is 16.5. The lowest BCUT2D eigenvalue weighted by Crippen LogP contribution is -2.14. The lowest BCUT2D eigenvalue weighted by molar-refractivity contribution is 0.333. The number of phenolic OH excluding ortho intramolecular Hbond substituents is 1.